The third kappa shape index (κ3) is 7.92. The SMILES string of the molecule is O=C(O)CCCC=CC[C@@H]1[C@@H](N2CCOCC2)[C@H](O)C[C@@H]1OCc1ccc(-c2ccc(-c3ccccc3)cc2)cc1. The Balaban J connectivity index is 1.20. The van der Waals surface area contributed by atoms with Gasteiger partial charge in [0, 0.05) is 37.9 Å². The minimum absolute atomic E-state index is 0.0359. The van der Waals surface area contributed by atoms with E-state index in [2.05, 4.69) is 89.8 Å². The quantitative estimate of drug-likeness (QED) is 0.205. The van der Waals surface area contributed by atoms with Gasteiger partial charge in [0.2, 0.25) is 0 Å². The first kappa shape index (κ1) is 29.2. The van der Waals surface area contributed by atoms with Gasteiger partial charge in [-0.1, -0.05) is 91.0 Å². The van der Waals surface area contributed by atoms with Gasteiger partial charge in [-0.05, 0) is 47.1 Å². The maximum atomic E-state index is 11.1. The minimum Gasteiger partial charge on any atom is -0.481 e. The van der Waals surface area contributed by atoms with E-state index in [0.29, 0.717) is 32.7 Å². The molecule has 5 rings (SSSR count). The summed E-state index contributed by atoms with van der Waals surface area (Å²) in [6, 6.07) is 27.6. The van der Waals surface area contributed by atoms with Crippen LogP contribution < -0.4 is 0 Å². The second-order valence-corrected chi connectivity index (χ2v) is 11.1. The summed E-state index contributed by atoms with van der Waals surface area (Å²) in [6.07, 6.45) is 6.72. The van der Waals surface area contributed by atoms with E-state index in [9.17, 15) is 9.90 Å². The number of nitrogens with zero attached hydrogens (tertiary/aromatic N) is 1. The van der Waals surface area contributed by atoms with Gasteiger partial charge < -0.3 is 19.7 Å². The zero-order valence-electron chi connectivity index (χ0n) is 23.6. The summed E-state index contributed by atoms with van der Waals surface area (Å²) in [5, 5.41) is 20.0. The molecule has 0 bridgehead atoms. The lowest BCUT2D eigenvalue weighted by Crippen LogP contribution is -2.50. The number of hydrogen-bond donors (Lipinski definition) is 2. The number of aliphatic carboxylic acids is 1. The first-order chi connectivity index (χ1) is 20.1. The van der Waals surface area contributed by atoms with Crippen LogP contribution >= 0.6 is 0 Å². The molecule has 216 valence electrons. The molecule has 2 N–H and O–H groups in total. The predicted octanol–water partition coefficient (Wildman–Crippen LogP) is 6.19. The van der Waals surface area contributed by atoms with Crippen molar-refractivity contribution in [2.75, 3.05) is 26.3 Å². The van der Waals surface area contributed by atoms with E-state index in [0.717, 1.165) is 31.5 Å². The highest BCUT2D eigenvalue weighted by molar-refractivity contribution is 5.70. The highest BCUT2D eigenvalue weighted by Crippen LogP contribution is 2.37. The Morgan fingerprint density at radius 1 is 0.878 bits per heavy atom. The Kier molecular flexibility index (Phi) is 10.4. The standard InChI is InChI=1S/C35H41NO5/c37-32-24-33(31(10-6-1-2-7-11-34(38)39)35(32)36-20-22-40-23-21-36)41-25-26-12-14-28(15-13-26)30-18-16-29(17-19-30)27-8-4-3-5-9-27/h1,3-6,8-9,12-19,31-33,35,37H,2,7,10-11,20-25H2,(H,38,39)/t31-,32+,33-,35+/m0/s1. The van der Waals surface area contributed by atoms with E-state index in [1.54, 1.807) is 0 Å². The summed E-state index contributed by atoms with van der Waals surface area (Å²) in [5.74, 6) is -0.589. The molecule has 0 radical (unpaired) electrons. The van der Waals surface area contributed by atoms with Crippen LogP contribution in [0.1, 0.15) is 37.7 Å². The van der Waals surface area contributed by atoms with E-state index in [1.807, 2.05) is 6.07 Å². The lowest BCUT2D eigenvalue weighted by atomic mass is 9.94. The van der Waals surface area contributed by atoms with Gasteiger partial charge in [0.1, 0.15) is 0 Å². The fourth-order valence-electron chi connectivity index (χ4n) is 6.15. The molecule has 0 aromatic heterocycles. The molecule has 0 spiro atoms. The van der Waals surface area contributed by atoms with Gasteiger partial charge in [-0.25, -0.2) is 0 Å². The summed E-state index contributed by atoms with van der Waals surface area (Å²) in [5.41, 5.74) is 5.88. The number of aliphatic hydroxyl groups is 1. The van der Waals surface area contributed by atoms with Gasteiger partial charge in [-0.3, -0.25) is 9.69 Å². The van der Waals surface area contributed by atoms with Crippen molar-refractivity contribution in [1.82, 2.24) is 4.90 Å². The summed E-state index contributed by atoms with van der Waals surface area (Å²) >= 11 is 0. The molecule has 6 nitrogen and oxygen atoms in total. The van der Waals surface area contributed by atoms with Crippen LogP contribution in [0, 0.1) is 5.92 Å². The Morgan fingerprint density at radius 2 is 1.49 bits per heavy atom. The molecule has 0 unspecified atom stereocenters. The molecule has 0 amide bonds. The van der Waals surface area contributed by atoms with Crippen LogP contribution in [0.4, 0.5) is 0 Å². The third-order valence-electron chi connectivity index (χ3n) is 8.33. The molecule has 6 heteroatoms. The first-order valence-corrected chi connectivity index (χ1v) is 14.8. The molecule has 1 aliphatic carbocycles. The van der Waals surface area contributed by atoms with Gasteiger partial charge in [-0.15, -0.1) is 0 Å². The van der Waals surface area contributed by atoms with Crippen LogP contribution in [0.3, 0.4) is 0 Å². The van der Waals surface area contributed by atoms with Crippen molar-refractivity contribution in [3.05, 3.63) is 96.6 Å². The zero-order valence-corrected chi connectivity index (χ0v) is 23.6. The van der Waals surface area contributed by atoms with Gasteiger partial charge >= 0.3 is 5.97 Å². The summed E-state index contributed by atoms with van der Waals surface area (Å²) in [6.45, 7) is 3.52. The largest absolute Gasteiger partial charge is 0.481 e. The molecule has 3 aromatic rings. The Hall–Kier alpha value is -3.29. The lowest BCUT2D eigenvalue weighted by molar-refractivity contribution is -0.137. The number of unbranched alkanes of at least 4 members (excludes halogenated alkanes) is 1. The number of benzene rings is 3. The second-order valence-electron chi connectivity index (χ2n) is 11.1. The average molecular weight is 556 g/mol. The molecule has 2 aliphatic rings. The number of aliphatic hydroxyl groups excluding tert-OH is 1. The number of carboxylic acid groups (broad SMARTS) is 1. The van der Waals surface area contributed by atoms with Crippen LogP contribution in [0.25, 0.3) is 22.3 Å². The van der Waals surface area contributed by atoms with Crippen LogP contribution in [-0.4, -0.2) is 65.6 Å². The Labute approximate surface area is 243 Å². The van der Waals surface area contributed by atoms with E-state index in [4.69, 9.17) is 14.6 Å². The third-order valence-corrected chi connectivity index (χ3v) is 8.33. The number of hydrogen-bond acceptors (Lipinski definition) is 5. The van der Waals surface area contributed by atoms with Crippen molar-refractivity contribution in [2.45, 2.75) is 57.0 Å². The number of ether oxygens (including phenoxy) is 2. The number of rotatable bonds is 12. The lowest BCUT2D eigenvalue weighted by Gasteiger charge is -2.37. The van der Waals surface area contributed by atoms with Crippen molar-refractivity contribution in [1.29, 1.82) is 0 Å². The monoisotopic (exact) mass is 555 g/mol. The molecule has 1 heterocycles. The smallest absolute Gasteiger partial charge is 0.303 e. The molecule has 1 aliphatic heterocycles. The van der Waals surface area contributed by atoms with E-state index in [1.165, 1.54) is 22.3 Å². The zero-order chi connectivity index (χ0) is 28.4. The maximum Gasteiger partial charge on any atom is 0.303 e. The fourth-order valence-corrected chi connectivity index (χ4v) is 6.15. The molecule has 41 heavy (non-hydrogen) atoms. The molecular weight excluding hydrogens is 514 g/mol. The number of carbonyl (C=O) groups is 1. The fraction of sp³-hybridized carbons (Fsp3) is 0.400. The van der Waals surface area contributed by atoms with Gasteiger partial charge in [0.25, 0.3) is 0 Å². The molecule has 1 saturated carbocycles. The van der Waals surface area contributed by atoms with E-state index >= 15 is 0 Å². The van der Waals surface area contributed by atoms with E-state index < -0.39 is 12.1 Å². The summed E-state index contributed by atoms with van der Waals surface area (Å²) in [4.78, 5) is 13.2. The van der Waals surface area contributed by atoms with Gasteiger partial charge in [0.15, 0.2) is 0 Å². The van der Waals surface area contributed by atoms with Gasteiger partial charge in [-0.2, -0.15) is 0 Å². The topological polar surface area (TPSA) is 79.2 Å². The second kappa shape index (κ2) is 14.6. The molecule has 4 atom stereocenters. The van der Waals surface area contributed by atoms with Crippen molar-refractivity contribution in [3.63, 3.8) is 0 Å². The summed E-state index contributed by atoms with van der Waals surface area (Å²) in [7, 11) is 0. The molecule has 3 aromatic carbocycles. The van der Waals surface area contributed by atoms with Crippen molar-refractivity contribution in [3.8, 4) is 22.3 Å². The van der Waals surface area contributed by atoms with Crippen LogP contribution in [0.15, 0.2) is 91.0 Å². The highest BCUT2D eigenvalue weighted by Gasteiger charge is 2.45. The van der Waals surface area contributed by atoms with Crippen LogP contribution in [0.5, 0.6) is 0 Å². The number of carboxylic acids is 1. The number of morpholine rings is 1. The van der Waals surface area contributed by atoms with Crippen LogP contribution in [-0.2, 0) is 20.9 Å². The predicted molar refractivity (Wildman–Crippen MR) is 161 cm³/mol. The van der Waals surface area contributed by atoms with E-state index in [-0.39, 0.29) is 24.5 Å². The van der Waals surface area contributed by atoms with Crippen molar-refractivity contribution in [2.24, 2.45) is 5.92 Å². The Bertz CT molecular complexity index is 1250. The van der Waals surface area contributed by atoms with Crippen molar-refractivity contribution >= 4 is 5.97 Å². The minimum atomic E-state index is -0.757. The van der Waals surface area contributed by atoms with Gasteiger partial charge in [0.05, 0.1) is 32.0 Å². The maximum absolute atomic E-state index is 11.1. The molecule has 2 fully saturated rings. The molecule has 1 saturated heterocycles. The highest BCUT2D eigenvalue weighted by atomic mass is 16.5. The van der Waals surface area contributed by atoms with Crippen molar-refractivity contribution < 1.29 is 24.5 Å². The van der Waals surface area contributed by atoms with Crippen LogP contribution in [0.2, 0.25) is 0 Å². The first-order valence-electron chi connectivity index (χ1n) is 14.8. The number of allylic oxidation sites excluding steroid dienone is 2. The summed E-state index contributed by atoms with van der Waals surface area (Å²) < 4.78 is 12.0. The Morgan fingerprint density at radius 3 is 2.12 bits per heavy atom. The average Bonchev–Trinajstić information content (AvgIpc) is 3.33. The normalized spacial score (nSPS) is 23.2. The molecular formula is C35H41NO5.